The SMILES string of the molecule is C=Cc1ccc(O)cc1.Cc1ccc(F)cc1. The molecule has 0 saturated heterocycles. The summed E-state index contributed by atoms with van der Waals surface area (Å²) in [5.41, 5.74) is 2.11. The van der Waals surface area contributed by atoms with E-state index in [4.69, 9.17) is 5.11 Å². The van der Waals surface area contributed by atoms with Crippen molar-refractivity contribution in [1.29, 1.82) is 0 Å². The van der Waals surface area contributed by atoms with E-state index in [0.29, 0.717) is 5.75 Å². The lowest BCUT2D eigenvalue weighted by Crippen LogP contribution is -1.71. The summed E-state index contributed by atoms with van der Waals surface area (Å²) in [6, 6.07) is 13.3. The summed E-state index contributed by atoms with van der Waals surface area (Å²) in [6.45, 7) is 5.51. The highest BCUT2D eigenvalue weighted by atomic mass is 19.1. The Hall–Kier alpha value is -2.09. The summed E-state index contributed by atoms with van der Waals surface area (Å²) >= 11 is 0. The minimum Gasteiger partial charge on any atom is -0.508 e. The van der Waals surface area contributed by atoms with Gasteiger partial charge in [0, 0.05) is 0 Å². The van der Waals surface area contributed by atoms with Crippen LogP contribution in [0.25, 0.3) is 6.08 Å². The zero-order valence-electron chi connectivity index (χ0n) is 9.73. The topological polar surface area (TPSA) is 20.2 Å². The molecule has 0 bridgehead atoms. The fraction of sp³-hybridized carbons (Fsp3) is 0.0667. The molecule has 2 rings (SSSR count). The predicted octanol–water partition coefficient (Wildman–Crippen LogP) is 4.17. The Morgan fingerprint density at radius 3 is 1.94 bits per heavy atom. The lowest BCUT2D eigenvalue weighted by molar-refractivity contribution is 0.475. The first-order chi connectivity index (χ1) is 8.11. The number of benzene rings is 2. The van der Waals surface area contributed by atoms with Crippen LogP contribution in [0.3, 0.4) is 0 Å². The first kappa shape index (κ1) is 13.0. The zero-order chi connectivity index (χ0) is 12.7. The molecule has 88 valence electrons. The smallest absolute Gasteiger partial charge is 0.123 e. The molecule has 0 heterocycles. The van der Waals surface area contributed by atoms with E-state index < -0.39 is 0 Å². The molecule has 2 heteroatoms. The van der Waals surface area contributed by atoms with Crippen LogP contribution in [0, 0.1) is 12.7 Å². The summed E-state index contributed by atoms with van der Waals surface area (Å²) in [6.07, 6.45) is 1.74. The fourth-order valence-electron chi connectivity index (χ4n) is 1.14. The molecule has 1 N–H and O–H groups in total. The Kier molecular flexibility index (Phi) is 4.95. The van der Waals surface area contributed by atoms with Gasteiger partial charge in [-0.3, -0.25) is 0 Å². The normalized spacial score (nSPS) is 9.06. The molecule has 0 unspecified atom stereocenters. The maximum Gasteiger partial charge on any atom is 0.123 e. The Morgan fingerprint density at radius 2 is 1.53 bits per heavy atom. The molecule has 17 heavy (non-hydrogen) atoms. The molecule has 2 aromatic rings. The molecule has 0 aliphatic heterocycles. The van der Waals surface area contributed by atoms with Gasteiger partial charge in [-0.2, -0.15) is 0 Å². The van der Waals surface area contributed by atoms with E-state index in [1.165, 1.54) is 12.1 Å². The maximum atomic E-state index is 12.1. The third-order valence-electron chi connectivity index (χ3n) is 2.14. The Balaban J connectivity index is 0.000000171. The lowest BCUT2D eigenvalue weighted by atomic mass is 10.2. The van der Waals surface area contributed by atoms with Crippen molar-refractivity contribution < 1.29 is 9.50 Å². The van der Waals surface area contributed by atoms with E-state index in [-0.39, 0.29) is 5.82 Å². The van der Waals surface area contributed by atoms with Crippen molar-refractivity contribution in [2.24, 2.45) is 0 Å². The van der Waals surface area contributed by atoms with Crippen LogP contribution in [0.15, 0.2) is 55.1 Å². The minimum atomic E-state index is -0.171. The van der Waals surface area contributed by atoms with Crippen molar-refractivity contribution in [3.8, 4) is 5.75 Å². The molecule has 2 aromatic carbocycles. The van der Waals surface area contributed by atoms with Crippen LogP contribution in [-0.4, -0.2) is 5.11 Å². The predicted molar refractivity (Wildman–Crippen MR) is 69.3 cm³/mol. The quantitative estimate of drug-likeness (QED) is 0.779. The summed E-state index contributed by atoms with van der Waals surface area (Å²) < 4.78 is 12.1. The van der Waals surface area contributed by atoms with Crippen LogP contribution in [0.2, 0.25) is 0 Å². The van der Waals surface area contributed by atoms with Gasteiger partial charge in [0.15, 0.2) is 0 Å². The molecule has 0 spiro atoms. The highest BCUT2D eigenvalue weighted by Gasteiger charge is 1.84. The van der Waals surface area contributed by atoms with E-state index >= 15 is 0 Å². The average molecular weight is 230 g/mol. The second-order valence-electron chi connectivity index (χ2n) is 3.59. The second kappa shape index (κ2) is 6.48. The van der Waals surface area contributed by atoms with Crippen LogP contribution in [-0.2, 0) is 0 Å². The second-order valence-corrected chi connectivity index (χ2v) is 3.59. The average Bonchev–Trinajstić information content (AvgIpc) is 2.35. The molecule has 0 radical (unpaired) electrons. The standard InChI is InChI=1S/C8H8O.C7H7F/c1-2-7-3-5-8(9)6-4-7;1-6-2-4-7(8)5-3-6/h2-6,9H,1H2;2-5H,1H3. The molecular weight excluding hydrogens is 215 g/mol. The number of hydrogen-bond donors (Lipinski definition) is 1. The van der Waals surface area contributed by atoms with Gasteiger partial charge in [0.1, 0.15) is 11.6 Å². The Morgan fingerprint density at radius 1 is 1.00 bits per heavy atom. The van der Waals surface area contributed by atoms with Crippen molar-refractivity contribution in [3.63, 3.8) is 0 Å². The van der Waals surface area contributed by atoms with Crippen molar-refractivity contribution in [2.75, 3.05) is 0 Å². The summed E-state index contributed by atoms with van der Waals surface area (Å²) in [4.78, 5) is 0. The number of phenols is 1. The molecule has 0 atom stereocenters. The molecule has 1 nitrogen and oxygen atoms in total. The van der Waals surface area contributed by atoms with E-state index in [1.54, 1.807) is 30.3 Å². The zero-order valence-corrected chi connectivity index (χ0v) is 9.73. The monoisotopic (exact) mass is 230 g/mol. The summed E-state index contributed by atoms with van der Waals surface area (Å²) in [5.74, 6) is 0.121. The number of aromatic hydroxyl groups is 1. The van der Waals surface area contributed by atoms with Crippen LogP contribution in [0.5, 0.6) is 5.75 Å². The van der Waals surface area contributed by atoms with Gasteiger partial charge in [-0.05, 0) is 36.8 Å². The molecule has 0 saturated carbocycles. The first-order valence-corrected chi connectivity index (χ1v) is 5.25. The van der Waals surface area contributed by atoms with Gasteiger partial charge >= 0.3 is 0 Å². The van der Waals surface area contributed by atoms with Gasteiger partial charge in [0.05, 0.1) is 0 Å². The highest BCUT2D eigenvalue weighted by molar-refractivity contribution is 5.47. The number of halogens is 1. The number of hydrogen-bond acceptors (Lipinski definition) is 1. The lowest BCUT2D eigenvalue weighted by Gasteiger charge is -1.90. The fourth-order valence-corrected chi connectivity index (χ4v) is 1.14. The minimum absolute atomic E-state index is 0.171. The summed E-state index contributed by atoms with van der Waals surface area (Å²) in [5, 5.41) is 8.82. The largest absolute Gasteiger partial charge is 0.508 e. The van der Waals surface area contributed by atoms with Crippen molar-refractivity contribution in [2.45, 2.75) is 6.92 Å². The number of rotatable bonds is 1. The molecule has 0 fully saturated rings. The van der Waals surface area contributed by atoms with Crippen molar-refractivity contribution >= 4 is 6.08 Å². The van der Waals surface area contributed by atoms with Gasteiger partial charge in [0.25, 0.3) is 0 Å². The Bertz CT molecular complexity index is 436. The highest BCUT2D eigenvalue weighted by Crippen LogP contribution is 2.09. The van der Waals surface area contributed by atoms with Gasteiger partial charge in [0.2, 0.25) is 0 Å². The summed E-state index contributed by atoms with van der Waals surface area (Å²) in [7, 11) is 0. The third kappa shape index (κ3) is 4.98. The molecular formula is C15H15FO. The molecule has 0 amide bonds. The van der Waals surface area contributed by atoms with Crippen LogP contribution in [0.4, 0.5) is 4.39 Å². The Labute approximate surface area is 101 Å². The van der Waals surface area contributed by atoms with E-state index in [9.17, 15) is 4.39 Å². The first-order valence-electron chi connectivity index (χ1n) is 5.25. The van der Waals surface area contributed by atoms with Crippen LogP contribution >= 0.6 is 0 Å². The van der Waals surface area contributed by atoms with Gasteiger partial charge in [-0.1, -0.05) is 42.5 Å². The van der Waals surface area contributed by atoms with Crippen LogP contribution in [0.1, 0.15) is 11.1 Å². The molecule has 0 aromatic heterocycles. The van der Waals surface area contributed by atoms with Gasteiger partial charge in [-0.15, -0.1) is 0 Å². The van der Waals surface area contributed by atoms with Crippen molar-refractivity contribution in [3.05, 3.63) is 72.1 Å². The third-order valence-corrected chi connectivity index (χ3v) is 2.14. The molecule has 0 aliphatic rings. The van der Waals surface area contributed by atoms with Gasteiger partial charge in [-0.25, -0.2) is 4.39 Å². The van der Waals surface area contributed by atoms with E-state index in [1.807, 2.05) is 19.1 Å². The van der Waals surface area contributed by atoms with E-state index in [2.05, 4.69) is 6.58 Å². The maximum absolute atomic E-state index is 12.1. The number of aryl methyl sites for hydroxylation is 1. The van der Waals surface area contributed by atoms with Crippen molar-refractivity contribution in [1.82, 2.24) is 0 Å². The van der Waals surface area contributed by atoms with E-state index in [0.717, 1.165) is 11.1 Å². The number of phenolic OH excluding ortho intramolecular Hbond substituents is 1. The van der Waals surface area contributed by atoms with Crippen LogP contribution < -0.4 is 0 Å². The van der Waals surface area contributed by atoms with Gasteiger partial charge < -0.3 is 5.11 Å². The molecule has 0 aliphatic carbocycles.